The van der Waals surface area contributed by atoms with Crippen molar-refractivity contribution in [1.29, 1.82) is 10.5 Å². The van der Waals surface area contributed by atoms with Gasteiger partial charge in [0.1, 0.15) is 23.4 Å². The fourth-order valence-electron chi connectivity index (χ4n) is 0.669. The van der Waals surface area contributed by atoms with Crippen LogP contribution in [0, 0.1) is 22.7 Å². The number of nitriles is 2. The summed E-state index contributed by atoms with van der Waals surface area (Å²) in [5, 5.41) is 24.1. The van der Waals surface area contributed by atoms with E-state index in [1.165, 1.54) is 10.8 Å². The first-order chi connectivity index (χ1) is 5.76. The minimum atomic E-state index is 0.0236. The van der Waals surface area contributed by atoms with E-state index in [4.69, 9.17) is 10.5 Å². The zero-order valence-corrected chi connectivity index (χ0v) is 6.39. The van der Waals surface area contributed by atoms with E-state index in [9.17, 15) is 0 Å². The molecular weight excluding hydrogens is 154 g/mol. The Bertz CT molecular complexity index is 371. The normalized spacial score (nSPS) is 8.25. The summed E-state index contributed by atoms with van der Waals surface area (Å²) in [6, 6.07) is 3.46. The highest BCUT2D eigenvalue weighted by Gasteiger charge is 1.96. The minimum Gasteiger partial charge on any atom is -0.255 e. The first-order valence-corrected chi connectivity index (χ1v) is 3.14. The molecule has 1 aromatic rings. The summed E-state index contributed by atoms with van der Waals surface area (Å²) < 4.78 is 1.50. The molecule has 0 N–H and O–H groups in total. The Kier molecular flexibility index (Phi) is 2.20. The summed E-state index contributed by atoms with van der Waals surface area (Å²) in [6.07, 6.45) is 3.00. The van der Waals surface area contributed by atoms with E-state index in [0.29, 0.717) is 5.69 Å². The minimum absolute atomic E-state index is 0.0236. The van der Waals surface area contributed by atoms with Crippen LogP contribution < -0.4 is 0 Å². The van der Waals surface area contributed by atoms with Crippen LogP contribution in [-0.2, 0) is 7.05 Å². The molecule has 0 fully saturated rings. The van der Waals surface area contributed by atoms with Crippen LogP contribution >= 0.6 is 0 Å². The molecule has 0 aromatic carbocycles. The third-order valence-electron chi connectivity index (χ3n) is 1.15. The molecule has 0 aliphatic heterocycles. The Hall–Kier alpha value is -2.14. The van der Waals surface area contributed by atoms with Crippen molar-refractivity contribution in [3.63, 3.8) is 0 Å². The molecule has 0 aliphatic carbocycles. The van der Waals surface area contributed by atoms with E-state index < -0.39 is 0 Å². The van der Waals surface area contributed by atoms with Gasteiger partial charge >= 0.3 is 0 Å². The molecule has 0 unspecified atom stereocenters. The second-order valence-corrected chi connectivity index (χ2v) is 2.10. The highest BCUT2D eigenvalue weighted by Crippen LogP contribution is 1.99. The van der Waals surface area contributed by atoms with Crippen LogP contribution in [0.3, 0.4) is 0 Å². The first kappa shape index (κ1) is 7.96. The average Bonchev–Trinajstić information content (AvgIpc) is 2.47. The van der Waals surface area contributed by atoms with E-state index in [1.54, 1.807) is 25.4 Å². The van der Waals surface area contributed by atoms with Gasteiger partial charge in [0.05, 0.1) is 6.20 Å². The first-order valence-electron chi connectivity index (χ1n) is 3.14. The Morgan fingerprint density at radius 3 is 2.67 bits per heavy atom. The van der Waals surface area contributed by atoms with Crippen molar-refractivity contribution in [2.45, 2.75) is 0 Å². The summed E-state index contributed by atoms with van der Waals surface area (Å²) in [4.78, 5) is 0. The van der Waals surface area contributed by atoms with Crippen molar-refractivity contribution in [3.05, 3.63) is 17.5 Å². The molecule has 0 aliphatic rings. The van der Waals surface area contributed by atoms with Crippen LogP contribution in [0.5, 0.6) is 0 Å². The average molecular weight is 159 g/mol. The Morgan fingerprint density at radius 2 is 2.25 bits per heavy atom. The molecule has 0 bridgehead atoms. The molecule has 5 heteroatoms. The van der Waals surface area contributed by atoms with Crippen LogP contribution in [0.1, 0.15) is 5.69 Å². The molecule has 1 heterocycles. The second-order valence-electron chi connectivity index (χ2n) is 2.10. The van der Waals surface area contributed by atoms with Crippen molar-refractivity contribution >= 4 is 6.08 Å². The molecule has 0 spiro atoms. The molecule has 1 aromatic heterocycles. The Morgan fingerprint density at radius 1 is 1.58 bits per heavy atom. The monoisotopic (exact) mass is 159 g/mol. The number of rotatable bonds is 1. The lowest BCUT2D eigenvalue weighted by Gasteiger charge is -1.79. The van der Waals surface area contributed by atoms with Gasteiger partial charge in [-0.2, -0.15) is 10.5 Å². The van der Waals surface area contributed by atoms with Crippen molar-refractivity contribution in [3.8, 4) is 12.1 Å². The van der Waals surface area contributed by atoms with Gasteiger partial charge in [0.15, 0.2) is 0 Å². The maximum atomic E-state index is 8.40. The van der Waals surface area contributed by atoms with Crippen LogP contribution in [0.15, 0.2) is 11.8 Å². The zero-order valence-electron chi connectivity index (χ0n) is 6.39. The van der Waals surface area contributed by atoms with E-state index in [-0.39, 0.29) is 5.57 Å². The molecule has 1 rings (SSSR count). The topological polar surface area (TPSA) is 78.3 Å². The van der Waals surface area contributed by atoms with Gasteiger partial charge in [-0.1, -0.05) is 5.21 Å². The molecule has 0 saturated carbocycles. The molecule has 0 atom stereocenters. The fourth-order valence-corrected chi connectivity index (χ4v) is 0.669. The lowest BCUT2D eigenvalue weighted by atomic mass is 10.3. The van der Waals surface area contributed by atoms with Gasteiger partial charge in [-0.05, 0) is 6.08 Å². The SMILES string of the molecule is Cn1cc(C=C(C#N)C#N)nn1. The third kappa shape index (κ3) is 1.68. The summed E-state index contributed by atoms with van der Waals surface area (Å²) >= 11 is 0. The molecule has 5 nitrogen and oxygen atoms in total. The Labute approximate surface area is 69.1 Å². The smallest absolute Gasteiger partial charge is 0.131 e. The lowest BCUT2D eigenvalue weighted by molar-refractivity contribution is 0.714. The van der Waals surface area contributed by atoms with Gasteiger partial charge < -0.3 is 0 Å². The van der Waals surface area contributed by atoms with Crippen LogP contribution in [0.2, 0.25) is 0 Å². The maximum absolute atomic E-state index is 8.40. The predicted molar refractivity (Wildman–Crippen MR) is 40.2 cm³/mol. The van der Waals surface area contributed by atoms with Crippen molar-refractivity contribution in [2.24, 2.45) is 7.05 Å². The molecular formula is C7H5N5. The highest BCUT2D eigenvalue weighted by molar-refractivity contribution is 5.58. The highest BCUT2D eigenvalue weighted by atomic mass is 15.4. The van der Waals surface area contributed by atoms with Gasteiger partial charge in [-0.25, -0.2) is 0 Å². The van der Waals surface area contributed by atoms with Crippen molar-refractivity contribution in [2.75, 3.05) is 0 Å². The number of aromatic nitrogens is 3. The number of nitrogens with zero attached hydrogens (tertiary/aromatic N) is 5. The zero-order chi connectivity index (χ0) is 8.97. The molecule has 58 valence electrons. The van der Waals surface area contributed by atoms with Gasteiger partial charge in [0, 0.05) is 7.05 Å². The molecule has 0 radical (unpaired) electrons. The van der Waals surface area contributed by atoms with E-state index >= 15 is 0 Å². The lowest BCUT2D eigenvalue weighted by Crippen LogP contribution is -1.85. The van der Waals surface area contributed by atoms with Gasteiger partial charge in [-0.15, -0.1) is 5.10 Å². The van der Waals surface area contributed by atoms with Crippen LogP contribution in [-0.4, -0.2) is 15.0 Å². The fraction of sp³-hybridized carbons (Fsp3) is 0.143. The van der Waals surface area contributed by atoms with Gasteiger partial charge in [0.25, 0.3) is 0 Å². The van der Waals surface area contributed by atoms with E-state index in [2.05, 4.69) is 10.3 Å². The van der Waals surface area contributed by atoms with Crippen molar-refractivity contribution in [1.82, 2.24) is 15.0 Å². The number of aryl methyl sites for hydroxylation is 1. The van der Waals surface area contributed by atoms with Crippen molar-refractivity contribution < 1.29 is 0 Å². The van der Waals surface area contributed by atoms with E-state index in [0.717, 1.165) is 0 Å². The quantitative estimate of drug-likeness (QED) is 0.550. The summed E-state index contributed by atoms with van der Waals surface area (Å²) in [5.74, 6) is 0. The number of allylic oxidation sites excluding steroid dienone is 1. The summed E-state index contributed by atoms with van der Waals surface area (Å²) in [7, 11) is 1.71. The summed E-state index contributed by atoms with van der Waals surface area (Å²) in [6.45, 7) is 0. The maximum Gasteiger partial charge on any atom is 0.131 e. The second kappa shape index (κ2) is 3.31. The Balaban J connectivity index is 2.97. The van der Waals surface area contributed by atoms with Crippen LogP contribution in [0.4, 0.5) is 0 Å². The number of hydrogen-bond acceptors (Lipinski definition) is 4. The van der Waals surface area contributed by atoms with E-state index in [1.807, 2.05) is 0 Å². The number of hydrogen-bond donors (Lipinski definition) is 0. The molecule has 0 amide bonds. The van der Waals surface area contributed by atoms with Crippen LogP contribution in [0.25, 0.3) is 6.08 Å². The molecule has 12 heavy (non-hydrogen) atoms. The molecule has 0 saturated heterocycles. The van der Waals surface area contributed by atoms with Gasteiger partial charge in [0.2, 0.25) is 0 Å². The largest absolute Gasteiger partial charge is 0.255 e. The predicted octanol–water partition coefficient (Wildman–Crippen LogP) is 0.246. The standard InChI is InChI=1S/C7H5N5/c1-12-5-7(10-11-12)2-6(3-8)4-9/h2,5H,1H3. The summed E-state index contributed by atoms with van der Waals surface area (Å²) in [5.41, 5.74) is 0.533. The van der Waals surface area contributed by atoms with Gasteiger partial charge in [-0.3, -0.25) is 4.68 Å². The third-order valence-corrected chi connectivity index (χ3v) is 1.15.